The average molecular weight is 1040 g/mol. The maximum Gasteiger partial charge on any atom is 0.333 e. The van der Waals surface area contributed by atoms with Crippen molar-refractivity contribution in [1.29, 1.82) is 0 Å². The molecular formula is C42H69N5O13P2S4. The van der Waals surface area contributed by atoms with Crippen molar-refractivity contribution in [2.75, 3.05) is 81.5 Å². The average Bonchev–Trinajstić information content (AvgIpc) is 3.84. The highest BCUT2D eigenvalue weighted by atomic mass is 32.2. The van der Waals surface area contributed by atoms with Gasteiger partial charge in [0.25, 0.3) is 5.56 Å². The van der Waals surface area contributed by atoms with Gasteiger partial charge in [0, 0.05) is 64.2 Å². The molecule has 2 aromatic heterocycles. The van der Waals surface area contributed by atoms with E-state index in [4.69, 9.17) is 22.8 Å². The number of rotatable bonds is 24. The van der Waals surface area contributed by atoms with Crippen molar-refractivity contribution in [1.82, 2.24) is 24.4 Å². The van der Waals surface area contributed by atoms with Crippen molar-refractivity contribution in [3.05, 3.63) is 23.0 Å². The minimum absolute atomic E-state index is 0.0403. The van der Waals surface area contributed by atoms with Gasteiger partial charge >= 0.3 is 15.2 Å². The van der Waals surface area contributed by atoms with Crippen LogP contribution < -0.4 is 5.56 Å². The van der Waals surface area contributed by atoms with Crippen molar-refractivity contribution in [3.8, 4) is 0 Å². The van der Waals surface area contributed by atoms with Gasteiger partial charge in [0.05, 0.1) is 70.2 Å². The summed E-state index contributed by atoms with van der Waals surface area (Å²) in [4.78, 5) is 89.2. The van der Waals surface area contributed by atoms with Crippen molar-refractivity contribution < 1.29 is 55.9 Å². The van der Waals surface area contributed by atoms with E-state index in [2.05, 4.69) is 15.0 Å². The number of amides is 1. The highest BCUT2D eigenvalue weighted by Crippen LogP contribution is 2.50. The number of imidazole rings is 1. The zero-order valence-electron chi connectivity index (χ0n) is 40.3. The van der Waals surface area contributed by atoms with Gasteiger partial charge in [-0.2, -0.15) is 0 Å². The van der Waals surface area contributed by atoms with Crippen LogP contribution in [-0.2, 0) is 55.9 Å². The molecule has 1 amide bonds. The smallest absolute Gasteiger partial charge is 0.333 e. The van der Waals surface area contributed by atoms with Crippen molar-refractivity contribution >= 4 is 99.8 Å². The van der Waals surface area contributed by atoms with Gasteiger partial charge in [-0.05, 0) is 0 Å². The van der Waals surface area contributed by atoms with Crippen molar-refractivity contribution in [2.45, 2.75) is 102 Å². The molecular weight excluding hydrogens is 973 g/mol. The van der Waals surface area contributed by atoms with Gasteiger partial charge < -0.3 is 37.3 Å². The summed E-state index contributed by atoms with van der Waals surface area (Å²) in [6, 6.07) is -0.622. The molecule has 3 rings (SSSR count). The van der Waals surface area contributed by atoms with Crippen LogP contribution in [0.3, 0.4) is 0 Å². The molecule has 1 N–H and O–H groups in total. The summed E-state index contributed by atoms with van der Waals surface area (Å²) < 4.78 is 59.5. The molecule has 2 atom stereocenters. The molecule has 66 heavy (non-hydrogen) atoms. The number of fused-ring (bicyclic) bond motifs is 1. The van der Waals surface area contributed by atoms with Crippen molar-refractivity contribution in [3.63, 3.8) is 0 Å². The third-order valence-corrected chi connectivity index (χ3v) is 18.3. The molecule has 3 heterocycles. The monoisotopic (exact) mass is 1040 g/mol. The number of thioether (sulfide) groups is 4. The molecule has 1 unspecified atom stereocenters. The summed E-state index contributed by atoms with van der Waals surface area (Å²) in [7, 11) is -7.76. The number of likely N-dealkylation sites (tertiary alicyclic amines) is 1. The maximum absolute atomic E-state index is 14.2. The standard InChI is InChI=1S/C42H69N5O13P2S4/c1-39(2,3)35(50)63-21-15-57-61(54,58-16-22-64-36(51)40(4,5)6)19-13-31(48)46-25-29(47-28-45-32-33(47)43-27-44-34(32)49)30(26-46)56-14-20-62(55,59-17-23-65-37(52)41(7,8)9)60-18-24-66-38(53)42(10,11)12/h27-30H,13-26H2,1-12H3,(H,43,44,49)/t29-,30?/m1/s1. The Labute approximate surface area is 405 Å². The first-order valence-corrected chi connectivity index (χ1v) is 29.1. The van der Waals surface area contributed by atoms with Crippen LogP contribution in [0.5, 0.6) is 0 Å². The fourth-order valence-electron chi connectivity index (χ4n) is 5.65. The lowest BCUT2D eigenvalue weighted by atomic mass is 9.99. The number of aromatic amines is 1. The second-order valence-corrected chi connectivity index (χ2v) is 28.3. The molecule has 1 aliphatic rings. The first-order valence-electron chi connectivity index (χ1n) is 21.7. The molecule has 0 spiro atoms. The van der Waals surface area contributed by atoms with Crippen LogP contribution in [0.4, 0.5) is 0 Å². The van der Waals surface area contributed by atoms with E-state index in [0.717, 1.165) is 47.0 Å². The molecule has 0 bridgehead atoms. The molecule has 0 saturated carbocycles. The predicted molar refractivity (Wildman–Crippen MR) is 265 cm³/mol. The first kappa shape index (κ1) is 58.5. The van der Waals surface area contributed by atoms with Crippen LogP contribution in [0.15, 0.2) is 17.4 Å². The van der Waals surface area contributed by atoms with Crippen molar-refractivity contribution in [2.24, 2.45) is 21.7 Å². The maximum atomic E-state index is 14.2. The highest BCUT2D eigenvalue weighted by molar-refractivity contribution is 8.14. The summed E-state index contributed by atoms with van der Waals surface area (Å²) >= 11 is 4.24. The van der Waals surface area contributed by atoms with E-state index in [0.29, 0.717) is 0 Å². The molecule has 0 aliphatic carbocycles. The molecule has 1 fully saturated rings. The summed E-state index contributed by atoms with van der Waals surface area (Å²) in [6.07, 6.45) is 1.22. The number of nitrogens with one attached hydrogen (secondary N) is 1. The van der Waals surface area contributed by atoms with Crippen LogP contribution in [0.1, 0.15) is 95.5 Å². The van der Waals surface area contributed by atoms with Gasteiger partial charge in [0.2, 0.25) is 5.91 Å². The Morgan fingerprint density at radius 1 is 0.636 bits per heavy atom. The van der Waals surface area contributed by atoms with Gasteiger partial charge in [-0.25, -0.2) is 9.97 Å². The van der Waals surface area contributed by atoms with E-state index in [1.165, 1.54) is 17.6 Å². The van der Waals surface area contributed by atoms with E-state index < -0.39 is 60.5 Å². The molecule has 374 valence electrons. The van der Waals surface area contributed by atoms with Gasteiger partial charge in [0.1, 0.15) is 0 Å². The Hall–Kier alpha value is -1.84. The summed E-state index contributed by atoms with van der Waals surface area (Å²) in [5.41, 5.74) is -2.44. The normalized spacial score (nSPS) is 16.6. The minimum atomic E-state index is -3.91. The topological polar surface area (TPSA) is 232 Å². The number of nitrogens with zero attached hydrogens (tertiary/aromatic N) is 4. The Bertz CT molecular complexity index is 2070. The van der Waals surface area contributed by atoms with Crippen LogP contribution in [0, 0.1) is 21.7 Å². The van der Waals surface area contributed by atoms with Gasteiger partial charge in [0.15, 0.2) is 31.6 Å². The summed E-state index contributed by atoms with van der Waals surface area (Å²) in [6.45, 7) is 21.3. The molecule has 2 aromatic rings. The lowest BCUT2D eigenvalue weighted by Gasteiger charge is -2.23. The fraction of sp³-hybridized carbons (Fsp3) is 0.762. The van der Waals surface area contributed by atoms with Gasteiger partial charge in [-0.15, -0.1) is 0 Å². The van der Waals surface area contributed by atoms with Gasteiger partial charge in [-0.3, -0.25) is 37.9 Å². The number of aromatic nitrogens is 4. The largest absolute Gasteiger partial charge is 0.373 e. The lowest BCUT2D eigenvalue weighted by Crippen LogP contribution is -2.31. The summed E-state index contributed by atoms with van der Waals surface area (Å²) in [5.74, 6) is 0.498. The number of H-pyrrole nitrogens is 1. The molecule has 18 nitrogen and oxygen atoms in total. The number of carbonyl (C=O) groups excluding carboxylic acids is 5. The predicted octanol–water partition coefficient (Wildman–Crippen LogP) is 7.95. The molecule has 0 aromatic carbocycles. The summed E-state index contributed by atoms with van der Waals surface area (Å²) in [5, 5.41) is -0.220. The second-order valence-electron chi connectivity index (χ2n) is 19.6. The Morgan fingerprint density at radius 2 is 1.05 bits per heavy atom. The van der Waals surface area contributed by atoms with E-state index in [1.807, 2.05) is 0 Å². The van der Waals surface area contributed by atoms with E-state index in [1.54, 1.807) is 87.7 Å². The van der Waals surface area contributed by atoms with Gasteiger partial charge in [-0.1, -0.05) is 130 Å². The van der Waals surface area contributed by atoms with E-state index in [-0.39, 0.29) is 120 Å². The van der Waals surface area contributed by atoms with E-state index >= 15 is 0 Å². The highest BCUT2D eigenvalue weighted by Gasteiger charge is 2.40. The Morgan fingerprint density at radius 3 is 1.45 bits per heavy atom. The Balaban J connectivity index is 1.78. The molecule has 24 heteroatoms. The lowest BCUT2D eigenvalue weighted by molar-refractivity contribution is -0.130. The minimum Gasteiger partial charge on any atom is -0.373 e. The SMILES string of the molecule is CC(C)(C)C(=O)SCCOP(=O)(CCOC1CN(C(=O)CCP(=O)(OCCSC(=O)C(C)(C)C)OCCSC(=O)C(C)(C)C)C[C@H]1n1cnc2c(=O)[nH]cnc21)OCCSC(=O)C(C)(C)C. The van der Waals surface area contributed by atoms with E-state index in [9.17, 15) is 37.9 Å². The Kier molecular flexibility index (Phi) is 22.4. The van der Waals surface area contributed by atoms with Crippen LogP contribution >= 0.6 is 62.2 Å². The second kappa shape index (κ2) is 25.3. The fourth-order valence-corrected chi connectivity index (χ4v) is 12.2. The first-order chi connectivity index (χ1) is 30.5. The molecule has 0 radical (unpaired) electrons. The molecule has 1 aliphatic heterocycles. The molecule has 1 saturated heterocycles. The zero-order valence-corrected chi connectivity index (χ0v) is 45.4. The quantitative estimate of drug-likeness (QED) is 0.0776. The van der Waals surface area contributed by atoms with Crippen LogP contribution in [-0.4, -0.2) is 138 Å². The zero-order chi connectivity index (χ0) is 49.7. The third kappa shape index (κ3) is 19.2. The van der Waals surface area contributed by atoms with Crippen LogP contribution in [0.2, 0.25) is 0 Å². The number of carbonyl (C=O) groups is 5. The third-order valence-electron chi connectivity index (χ3n) is 9.48. The van der Waals surface area contributed by atoms with Crippen LogP contribution in [0.25, 0.3) is 11.2 Å². The number of hydrogen-bond donors (Lipinski definition) is 1. The number of ether oxygens (including phenoxy) is 1. The number of hydrogen-bond acceptors (Lipinski definition) is 19.